The first-order valence-electron chi connectivity index (χ1n) is 9.21. The SMILES string of the molecule is COC(=O)Nc1cccc(C(=O)c2ccc3c(/C=C/c4ccccn4)n[nH]c3c2)c1. The van der Waals surface area contributed by atoms with Crippen LogP contribution in [0.15, 0.2) is 66.9 Å². The number of aromatic amines is 1. The molecule has 148 valence electrons. The summed E-state index contributed by atoms with van der Waals surface area (Å²) < 4.78 is 4.58. The summed E-state index contributed by atoms with van der Waals surface area (Å²) in [6, 6.07) is 17.8. The zero-order valence-corrected chi connectivity index (χ0v) is 16.1. The Morgan fingerprint density at radius 1 is 1.00 bits per heavy atom. The lowest BCUT2D eigenvalue weighted by Gasteiger charge is -2.06. The van der Waals surface area contributed by atoms with Crippen molar-refractivity contribution in [3.63, 3.8) is 0 Å². The number of hydrogen-bond donors (Lipinski definition) is 2. The van der Waals surface area contributed by atoms with Gasteiger partial charge in [0.1, 0.15) is 0 Å². The van der Waals surface area contributed by atoms with Gasteiger partial charge in [0.25, 0.3) is 0 Å². The number of benzene rings is 2. The summed E-state index contributed by atoms with van der Waals surface area (Å²) in [6.45, 7) is 0. The monoisotopic (exact) mass is 398 g/mol. The van der Waals surface area contributed by atoms with E-state index in [9.17, 15) is 9.59 Å². The van der Waals surface area contributed by atoms with Gasteiger partial charge in [-0.15, -0.1) is 0 Å². The average molecular weight is 398 g/mol. The summed E-state index contributed by atoms with van der Waals surface area (Å²) in [5.74, 6) is -0.161. The molecule has 0 unspecified atom stereocenters. The third-order valence-electron chi connectivity index (χ3n) is 4.51. The second kappa shape index (κ2) is 8.40. The molecular formula is C23H18N4O3. The Bertz CT molecular complexity index is 1250. The molecule has 0 aliphatic heterocycles. The molecule has 0 saturated heterocycles. The number of carbonyl (C=O) groups is 2. The molecule has 0 spiro atoms. The quantitative estimate of drug-likeness (QED) is 0.481. The van der Waals surface area contributed by atoms with Gasteiger partial charge in [0.2, 0.25) is 0 Å². The van der Waals surface area contributed by atoms with E-state index in [-0.39, 0.29) is 5.78 Å². The second-order valence-electron chi connectivity index (χ2n) is 6.48. The van der Waals surface area contributed by atoms with Crippen LogP contribution in [0.4, 0.5) is 10.5 Å². The summed E-state index contributed by atoms with van der Waals surface area (Å²) in [7, 11) is 1.28. The fourth-order valence-electron chi connectivity index (χ4n) is 3.02. The van der Waals surface area contributed by atoms with Crippen LogP contribution in [0, 0.1) is 0 Å². The molecule has 0 saturated carbocycles. The molecule has 30 heavy (non-hydrogen) atoms. The molecule has 2 N–H and O–H groups in total. The van der Waals surface area contributed by atoms with Crippen LogP contribution in [0.25, 0.3) is 23.1 Å². The van der Waals surface area contributed by atoms with Crippen molar-refractivity contribution in [1.82, 2.24) is 15.2 Å². The number of pyridine rings is 1. The molecule has 0 fully saturated rings. The van der Waals surface area contributed by atoms with Crippen molar-refractivity contribution in [2.24, 2.45) is 0 Å². The van der Waals surface area contributed by atoms with Gasteiger partial charge in [-0.3, -0.25) is 20.2 Å². The first-order valence-corrected chi connectivity index (χ1v) is 9.21. The number of aromatic nitrogens is 3. The van der Waals surface area contributed by atoms with Gasteiger partial charge in [0, 0.05) is 28.4 Å². The highest BCUT2D eigenvalue weighted by atomic mass is 16.5. The van der Waals surface area contributed by atoms with Crippen LogP contribution in [0.3, 0.4) is 0 Å². The number of amides is 1. The minimum atomic E-state index is -0.593. The zero-order valence-electron chi connectivity index (χ0n) is 16.1. The highest BCUT2D eigenvalue weighted by molar-refractivity contribution is 6.11. The Morgan fingerprint density at radius 3 is 2.67 bits per heavy atom. The number of ketones is 1. The molecule has 0 atom stereocenters. The van der Waals surface area contributed by atoms with Crippen molar-refractivity contribution >= 4 is 40.6 Å². The molecule has 7 heteroatoms. The van der Waals surface area contributed by atoms with Crippen molar-refractivity contribution in [2.45, 2.75) is 0 Å². The number of hydrogen-bond acceptors (Lipinski definition) is 5. The molecule has 0 aliphatic carbocycles. The Labute approximate surface area is 172 Å². The predicted molar refractivity (Wildman–Crippen MR) is 115 cm³/mol. The number of fused-ring (bicyclic) bond motifs is 1. The van der Waals surface area contributed by atoms with E-state index in [1.165, 1.54) is 7.11 Å². The molecule has 2 aromatic carbocycles. The summed E-state index contributed by atoms with van der Waals surface area (Å²) in [4.78, 5) is 28.6. The van der Waals surface area contributed by atoms with Gasteiger partial charge < -0.3 is 4.74 Å². The molecular weight excluding hydrogens is 380 g/mol. The van der Waals surface area contributed by atoms with E-state index in [0.717, 1.165) is 22.3 Å². The van der Waals surface area contributed by atoms with Gasteiger partial charge in [-0.05, 0) is 48.6 Å². The lowest BCUT2D eigenvalue weighted by atomic mass is 10.0. The summed E-state index contributed by atoms with van der Waals surface area (Å²) in [6.07, 6.45) is 4.90. The van der Waals surface area contributed by atoms with Gasteiger partial charge in [-0.2, -0.15) is 5.10 Å². The first kappa shape index (κ1) is 19.1. The smallest absolute Gasteiger partial charge is 0.411 e. The minimum absolute atomic E-state index is 0.161. The van der Waals surface area contributed by atoms with E-state index in [2.05, 4.69) is 25.2 Å². The van der Waals surface area contributed by atoms with Crippen LogP contribution in [0.5, 0.6) is 0 Å². The molecule has 4 aromatic rings. The normalized spacial score (nSPS) is 11.0. The van der Waals surface area contributed by atoms with Crippen LogP contribution >= 0.6 is 0 Å². The fraction of sp³-hybridized carbons (Fsp3) is 0.0435. The van der Waals surface area contributed by atoms with Crippen LogP contribution in [-0.2, 0) is 4.74 Å². The van der Waals surface area contributed by atoms with E-state index >= 15 is 0 Å². The van der Waals surface area contributed by atoms with Gasteiger partial charge in [0.15, 0.2) is 5.78 Å². The van der Waals surface area contributed by atoms with Crippen molar-refractivity contribution in [1.29, 1.82) is 0 Å². The van der Waals surface area contributed by atoms with Gasteiger partial charge >= 0.3 is 6.09 Å². The Hall–Kier alpha value is -4.26. The first-order chi connectivity index (χ1) is 14.6. The molecule has 7 nitrogen and oxygen atoms in total. The number of nitrogens with one attached hydrogen (secondary N) is 2. The average Bonchev–Trinajstić information content (AvgIpc) is 3.20. The van der Waals surface area contributed by atoms with E-state index in [4.69, 9.17) is 0 Å². The number of H-pyrrole nitrogens is 1. The molecule has 4 rings (SSSR count). The fourth-order valence-corrected chi connectivity index (χ4v) is 3.02. The zero-order chi connectivity index (χ0) is 20.9. The van der Waals surface area contributed by atoms with Gasteiger partial charge in [-0.25, -0.2) is 4.79 Å². The third kappa shape index (κ3) is 4.10. The van der Waals surface area contributed by atoms with Crippen molar-refractivity contribution in [3.8, 4) is 0 Å². The second-order valence-corrected chi connectivity index (χ2v) is 6.48. The van der Waals surface area contributed by atoms with Crippen LogP contribution < -0.4 is 5.32 Å². The van der Waals surface area contributed by atoms with Crippen molar-refractivity contribution in [3.05, 3.63) is 89.4 Å². The molecule has 2 aromatic heterocycles. The Morgan fingerprint density at radius 2 is 1.87 bits per heavy atom. The highest BCUT2D eigenvalue weighted by Gasteiger charge is 2.13. The maximum atomic E-state index is 12.9. The molecule has 2 heterocycles. The van der Waals surface area contributed by atoms with Gasteiger partial charge in [-0.1, -0.05) is 24.3 Å². The lowest BCUT2D eigenvalue weighted by molar-refractivity contribution is 0.103. The number of anilines is 1. The highest BCUT2D eigenvalue weighted by Crippen LogP contribution is 2.22. The van der Waals surface area contributed by atoms with E-state index in [0.29, 0.717) is 16.8 Å². The molecule has 1 amide bonds. The number of ether oxygens (including phenoxy) is 1. The maximum absolute atomic E-state index is 12.9. The van der Waals surface area contributed by atoms with E-state index in [1.54, 1.807) is 42.6 Å². The van der Waals surface area contributed by atoms with Crippen LogP contribution in [0.2, 0.25) is 0 Å². The number of carbonyl (C=O) groups excluding carboxylic acids is 2. The Kier molecular flexibility index (Phi) is 5.34. The van der Waals surface area contributed by atoms with Gasteiger partial charge in [0.05, 0.1) is 24.0 Å². The summed E-state index contributed by atoms with van der Waals surface area (Å²) >= 11 is 0. The number of nitrogens with zero attached hydrogens (tertiary/aromatic N) is 2. The predicted octanol–water partition coefficient (Wildman–Crippen LogP) is 4.54. The summed E-state index contributed by atoms with van der Waals surface area (Å²) in [5.41, 5.74) is 3.81. The van der Waals surface area contributed by atoms with E-state index < -0.39 is 6.09 Å². The largest absolute Gasteiger partial charge is 0.453 e. The van der Waals surface area contributed by atoms with Crippen LogP contribution in [-0.4, -0.2) is 34.2 Å². The molecule has 0 aliphatic rings. The molecule has 0 radical (unpaired) electrons. The lowest BCUT2D eigenvalue weighted by Crippen LogP contribution is -2.11. The van der Waals surface area contributed by atoms with Crippen molar-refractivity contribution in [2.75, 3.05) is 12.4 Å². The molecule has 0 bridgehead atoms. The number of methoxy groups -OCH3 is 1. The third-order valence-corrected chi connectivity index (χ3v) is 4.51. The van der Waals surface area contributed by atoms with Crippen molar-refractivity contribution < 1.29 is 14.3 Å². The standard InChI is InChI=1S/C23H18N4O3/c1-30-23(29)25-18-7-4-5-15(13-18)22(28)16-8-10-19-20(26-27-21(19)14-16)11-9-17-6-2-3-12-24-17/h2-14H,1H3,(H,25,29)(H,26,27)/b11-9+. The topological polar surface area (TPSA) is 97.0 Å². The summed E-state index contributed by atoms with van der Waals surface area (Å²) in [5, 5.41) is 10.8. The minimum Gasteiger partial charge on any atom is -0.453 e. The van der Waals surface area contributed by atoms with Crippen LogP contribution in [0.1, 0.15) is 27.3 Å². The van der Waals surface area contributed by atoms with E-state index in [1.807, 2.05) is 36.4 Å². The maximum Gasteiger partial charge on any atom is 0.411 e. The Balaban J connectivity index is 1.58. The number of rotatable bonds is 5.